The lowest BCUT2D eigenvalue weighted by molar-refractivity contribution is 0.589. The molecule has 1 aromatic carbocycles. The fourth-order valence-electron chi connectivity index (χ4n) is 1.97. The van der Waals surface area contributed by atoms with Crippen molar-refractivity contribution in [1.29, 1.82) is 0 Å². The van der Waals surface area contributed by atoms with E-state index in [9.17, 15) is 0 Å². The smallest absolute Gasteiger partial charge is 0.0314 e. The van der Waals surface area contributed by atoms with Crippen molar-refractivity contribution in [1.82, 2.24) is 0 Å². The van der Waals surface area contributed by atoms with E-state index in [1.807, 2.05) is 12.1 Å². The fourth-order valence-corrected chi connectivity index (χ4v) is 1.97. The molecule has 0 atom stereocenters. The Kier molecular flexibility index (Phi) is 10.0. The molecule has 2 N–H and O–H groups in total. The molecule has 2 heteroatoms. The number of nitrogens with two attached hydrogens (primary N) is 1. The second kappa shape index (κ2) is 10.5. The van der Waals surface area contributed by atoms with Crippen LogP contribution in [0.5, 0.6) is 0 Å². The van der Waals surface area contributed by atoms with Crippen LogP contribution in [0.4, 0.5) is 5.69 Å². The summed E-state index contributed by atoms with van der Waals surface area (Å²) in [4.78, 5) is 0. The molecule has 0 aromatic heterocycles. The molecule has 1 aromatic rings. The zero-order valence-corrected chi connectivity index (χ0v) is 11.8. The molecule has 0 fully saturated rings. The van der Waals surface area contributed by atoms with Crippen LogP contribution in [0.2, 0.25) is 0 Å². The first-order valence-corrected chi connectivity index (χ1v) is 6.67. The molecular formula is C15H26ClN. The third-order valence-electron chi connectivity index (χ3n) is 3.05. The van der Waals surface area contributed by atoms with Crippen molar-refractivity contribution in [2.45, 2.75) is 58.3 Å². The molecule has 0 radical (unpaired) electrons. The molecule has 98 valence electrons. The van der Waals surface area contributed by atoms with E-state index in [1.165, 1.54) is 56.9 Å². The van der Waals surface area contributed by atoms with Gasteiger partial charge in [0, 0.05) is 5.69 Å². The Morgan fingerprint density at radius 1 is 0.824 bits per heavy atom. The molecule has 0 aliphatic rings. The average Bonchev–Trinajstić information content (AvgIpc) is 2.30. The standard InChI is InChI=1S/C15H25N.ClH/c1-2-3-4-5-6-7-8-9-14-10-12-15(16)13-11-14;/h10-13H,2-9,16H2,1H3;1H. The van der Waals surface area contributed by atoms with Crippen molar-refractivity contribution in [3.63, 3.8) is 0 Å². The number of anilines is 1. The summed E-state index contributed by atoms with van der Waals surface area (Å²) in [6.07, 6.45) is 10.9. The van der Waals surface area contributed by atoms with Crippen LogP contribution >= 0.6 is 12.4 Å². The van der Waals surface area contributed by atoms with Gasteiger partial charge in [0.2, 0.25) is 0 Å². The first-order valence-electron chi connectivity index (χ1n) is 6.67. The zero-order valence-electron chi connectivity index (χ0n) is 11.0. The lowest BCUT2D eigenvalue weighted by atomic mass is 10.0. The Hall–Kier alpha value is -0.690. The Labute approximate surface area is 112 Å². The van der Waals surface area contributed by atoms with Crippen LogP contribution in [-0.2, 0) is 6.42 Å². The number of benzene rings is 1. The highest BCUT2D eigenvalue weighted by atomic mass is 35.5. The maximum Gasteiger partial charge on any atom is 0.0314 e. The van der Waals surface area contributed by atoms with Gasteiger partial charge in [0.15, 0.2) is 0 Å². The molecule has 1 rings (SSSR count). The largest absolute Gasteiger partial charge is 0.399 e. The number of hydrogen-bond donors (Lipinski definition) is 1. The van der Waals surface area contributed by atoms with Gasteiger partial charge in [-0.25, -0.2) is 0 Å². The quantitative estimate of drug-likeness (QED) is 0.514. The molecule has 0 heterocycles. The summed E-state index contributed by atoms with van der Waals surface area (Å²) >= 11 is 0. The van der Waals surface area contributed by atoms with Gasteiger partial charge >= 0.3 is 0 Å². The molecule has 0 amide bonds. The van der Waals surface area contributed by atoms with Crippen LogP contribution in [0.3, 0.4) is 0 Å². The lowest BCUT2D eigenvalue weighted by Gasteiger charge is -2.02. The molecule has 0 saturated heterocycles. The third-order valence-corrected chi connectivity index (χ3v) is 3.05. The molecule has 0 spiro atoms. The van der Waals surface area contributed by atoms with Crippen LogP contribution in [0.1, 0.15) is 57.4 Å². The van der Waals surface area contributed by atoms with Crippen molar-refractivity contribution in [3.05, 3.63) is 29.8 Å². The summed E-state index contributed by atoms with van der Waals surface area (Å²) in [6, 6.07) is 8.28. The van der Waals surface area contributed by atoms with Gasteiger partial charge < -0.3 is 5.73 Å². The second-order valence-corrected chi connectivity index (χ2v) is 4.61. The van der Waals surface area contributed by atoms with Crippen molar-refractivity contribution in [3.8, 4) is 0 Å². The van der Waals surface area contributed by atoms with E-state index in [2.05, 4.69) is 19.1 Å². The van der Waals surface area contributed by atoms with E-state index in [0.717, 1.165) is 5.69 Å². The molecule has 0 bridgehead atoms. The van der Waals surface area contributed by atoms with Gasteiger partial charge in [0.1, 0.15) is 0 Å². The number of halogens is 1. The first kappa shape index (κ1) is 16.3. The maximum absolute atomic E-state index is 5.65. The third kappa shape index (κ3) is 8.09. The van der Waals surface area contributed by atoms with Crippen LogP contribution in [0, 0.1) is 0 Å². The monoisotopic (exact) mass is 255 g/mol. The van der Waals surface area contributed by atoms with Gasteiger partial charge in [-0.05, 0) is 30.5 Å². The Morgan fingerprint density at radius 2 is 1.35 bits per heavy atom. The van der Waals surface area contributed by atoms with E-state index in [-0.39, 0.29) is 12.4 Å². The molecular weight excluding hydrogens is 230 g/mol. The Morgan fingerprint density at radius 3 is 1.94 bits per heavy atom. The van der Waals surface area contributed by atoms with Gasteiger partial charge in [-0.1, -0.05) is 57.6 Å². The number of aryl methyl sites for hydroxylation is 1. The molecule has 0 aliphatic carbocycles. The molecule has 0 aliphatic heterocycles. The fraction of sp³-hybridized carbons (Fsp3) is 0.600. The maximum atomic E-state index is 5.65. The highest BCUT2D eigenvalue weighted by Crippen LogP contribution is 2.11. The van der Waals surface area contributed by atoms with Gasteiger partial charge in [0.25, 0.3) is 0 Å². The number of nitrogen functional groups attached to an aromatic ring is 1. The average molecular weight is 256 g/mol. The summed E-state index contributed by atoms with van der Waals surface area (Å²) in [5.41, 5.74) is 7.93. The summed E-state index contributed by atoms with van der Waals surface area (Å²) in [6.45, 7) is 2.26. The van der Waals surface area contributed by atoms with E-state index < -0.39 is 0 Å². The number of unbranched alkanes of at least 4 members (excludes halogenated alkanes) is 6. The highest BCUT2D eigenvalue weighted by Gasteiger charge is 1.94. The predicted molar refractivity (Wildman–Crippen MR) is 79.8 cm³/mol. The van der Waals surface area contributed by atoms with Gasteiger partial charge in [-0.2, -0.15) is 0 Å². The summed E-state index contributed by atoms with van der Waals surface area (Å²) in [5.74, 6) is 0. The van der Waals surface area contributed by atoms with Gasteiger partial charge in [-0.3, -0.25) is 0 Å². The highest BCUT2D eigenvalue weighted by molar-refractivity contribution is 5.85. The molecule has 0 saturated carbocycles. The van der Waals surface area contributed by atoms with Crippen LogP contribution in [-0.4, -0.2) is 0 Å². The summed E-state index contributed by atoms with van der Waals surface area (Å²) in [5, 5.41) is 0. The SMILES string of the molecule is CCCCCCCCCc1ccc(N)cc1.Cl. The van der Waals surface area contributed by atoms with E-state index >= 15 is 0 Å². The lowest BCUT2D eigenvalue weighted by Crippen LogP contribution is -1.88. The zero-order chi connectivity index (χ0) is 11.6. The summed E-state index contributed by atoms with van der Waals surface area (Å²) in [7, 11) is 0. The molecule has 1 nitrogen and oxygen atoms in total. The van der Waals surface area contributed by atoms with Crippen LogP contribution in [0.25, 0.3) is 0 Å². The normalized spacial score (nSPS) is 9.94. The van der Waals surface area contributed by atoms with Crippen LogP contribution < -0.4 is 5.73 Å². The van der Waals surface area contributed by atoms with Gasteiger partial charge in [0.05, 0.1) is 0 Å². The van der Waals surface area contributed by atoms with Crippen molar-refractivity contribution in [2.75, 3.05) is 5.73 Å². The van der Waals surface area contributed by atoms with E-state index in [0.29, 0.717) is 0 Å². The number of rotatable bonds is 8. The minimum atomic E-state index is 0. The summed E-state index contributed by atoms with van der Waals surface area (Å²) < 4.78 is 0. The number of hydrogen-bond acceptors (Lipinski definition) is 1. The second-order valence-electron chi connectivity index (χ2n) is 4.61. The predicted octanol–water partition coefficient (Wildman–Crippen LogP) is 4.98. The van der Waals surface area contributed by atoms with Crippen molar-refractivity contribution < 1.29 is 0 Å². The first-order chi connectivity index (χ1) is 7.83. The van der Waals surface area contributed by atoms with E-state index in [4.69, 9.17) is 5.73 Å². The van der Waals surface area contributed by atoms with Gasteiger partial charge in [-0.15, -0.1) is 12.4 Å². The Bertz CT molecular complexity index is 269. The molecule has 0 unspecified atom stereocenters. The molecule has 17 heavy (non-hydrogen) atoms. The van der Waals surface area contributed by atoms with E-state index in [1.54, 1.807) is 0 Å². The van der Waals surface area contributed by atoms with Crippen molar-refractivity contribution >= 4 is 18.1 Å². The van der Waals surface area contributed by atoms with Crippen molar-refractivity contribution in [2.24, 2.45) is 0 Å². The van der Waals surface area contributed by atoms with Crippen LogP contribution in [0.15, 0.2) is 24.3 Å². The topological polar surface area (TPSA) is 26.0 Å². The minimum Gasteiger partial charge on any atom is -0.399 e. The minimum absolute atomic E-state index is 0. The Balaban J connectivity index is 0.00000256.